The van der Waals surface area contributed by atoms with Gasteiger partial charge in [0.1, 0.15) is 0 Å². The van der Waals surface area contributed by atoms with E-state index in [-0.39, 0.29) is 17.5 Å². The van der Waals surface area contributed by atoms with Gasteiger partial charge in [-0.1, -0.05) is 6.42 Å². The van der Waals surface area contributed by atoms with E-state index >= 15 is 0 Å². The minimum absolute atomic E-state index is 0.0154. The molecule has 2 fully saturated rings. The number of H-pyrrole nitrogens is 1. The smallest absolute Gasteiger partial charge is 0.272 e. The zero-order valence-electron chi connectivity index (χ0n) is 15.1. The van der Waals surface area contributed by atoms with Crippen molar-refractivity contribution in [2.45, 2.75) is 32.2 Å². The van der Waals surface area contributed by atoms with Crippen molar-refractivity contribution < 1.29 is 9.53 Å². The molecule has 8 nitrogen and oxygen atoms in total. The molecule has 0 saturated carbocycles. The minimum Gasteiger partial charge on any atom is -0.378 e. The van der Waals surface area contributed by atoms with Gasteiger partial charge in [-0.25, -0.2) is 9.50 Å². The Labute approximate surface area is 151 Å². The molecule has 0 radical (unpaired) electrons. The van der Waals surface area contributed by atoms with Crippen molar-refractivity contribution in [3.8, 4) is 0 Å². The van der Waals surface area contributed by atoms with Gasteiger partial charge in [-0.15, -0.1) is 0 Å². The summed E-state index contributed by atoms with van der Waals surface area (Å²) in [4.78, 5) is 33.8. The van der Waals surface area contributed by atoms with Crippen molar-refractivity contribution in [1.29, 1.82) is 0 Å². The molecule has 140 valence electrons. The number of rotatable bonds is 3. The standard InChI is InChI=1S/C18H25N5O3/c1-13-10-16-19-14(11-17(24)23(16)20-13)15-4-2-3-5-22(15)12-18(25)21-6-8-26-9-7-21/h10-11,15,20H,2-9,12H2,1H3/t15-/m0/s1. The maximum absolute atomic E-state index is 12.7. The van der Waals surface area contributed by atoms with Crippen LogP contribution in [-0.2, 0) is 9.53 Å². The molecule has 4 rings (SSSR count). The fourth-order valence-corrected chi connectivity index (χ4v) is 3.90. The zero-order chi connectivity index (χ0) is 18.1. The first-order valence-electron chi connectivity index (χ1n) is 9.31. The van der Waals surface area contributed by atoms with Crippen LogP contribution < -0.4 is 5.56 Å². The van der Waals surface area contributed by atoms with Gasteiger partial charge in [0.15, 0.2) is 5.65 Å². The third kappa shape index (κ3) is 3.39. The Balaban J connectivity index is 1.57. The lowest BCUT2D eigenvalue weighted by molar-refractivity contribution is -0.137. The van der Waals surface area contributed by atoms with Crippen molar-refractivity contribution in [2.75, 3.05) is 39.4 Å². The number of nitrogens with zero attached hydrogens (tertiary/aromatic N) is 4. The number of likely N-dealkylation sites (tertiary alicyclic amines) is 1. The quantitative estimate of drug-likeness (QED) is 0.873. The van der Waals surface area contributed by atoms with Gasteiger partial charge in [-0.3, -0.25) is 19.6 Å². The minimum atomic E-state index is -0.108. The number of piperidine rings is 1. The van der Waals surface area contributed by atoms with Crippen LogP contribution in [0.25, 0.3) is 5.65 Å². The number of ether oxygens (including phenoxy) is 1. The molecule has 2 aliphatic rings. The highest BCUT2D eigenvalue weighted by molar-refractivity contribution is 5.78. The lowest BCUT2D eigenvalue weighted by Crippen LogP contribution is -2.47. The Morgan fingerprint density at radius 3 is 2.88 bits per heavy atom. The highest BCUT2D eigenvalue weighted by Gasteiger charge is 2.29. The van der Waals surface area contributed by atoms with E-state index in [1.165, 1.54) is 4.52 Å². The molecule has 2 aromatic heterocycles. The van der Waals surface area contributed by atoms with Gasteiger partial charge in [-0.05, 0) is 26.3 Å². The lowest BCUT2D eigenvalue weighted by Gasteiger charge is -2.36. The Hall–Kier alpha value is -2.19. The molecule has 26 heavy (non-hydrogen) atoms. The molecular formula is C18H25N5O3. The molecule has 1 atom stereocenters. The lowest BCUT2D eigenvalue weighted by atomic mass is 9.99. The fraction of sp³-hybridized carbons (Fsp3) is 0.611. The number of aryl methyl sites for hydroxylation is 1. The summed E-state index contributed by atoms with van der Waals surface area (Å²) in [5.74, 6) is 0.135. The number of carbonyl (C=O) groups is 1. The number of nitrogens with one attached hydrogen (secondary N) is 1. The number of hydrogen-bond donors (Lipinski definition) is 1. The molecular weight excluding hydrogens is 334 g/mol. The molecule has 1 amide bonds. The van der Waals surface area contributed by atoms with Gasteiger partial charge in [0.05, 0.1) is 31.5 Å². The van der Waals surface area contributed by atoms with Crippen LogP contribution in [0.15, 0.2) is 16.9 Å². The molecule has 2 aliphatic heterocycles. The molecule has 0 spiro atoms. The monoisotopic (exact) mass is 359 g/mol. The van der Waals surface area contributed by atoms with Crippen molar-refractivity contribution in [2.24, 2.45) is 0 Å². The second-order valence-electron chi connectivity index (χ2n) is 7.13. The Bertz CT molecular complexity index is 852. The Morgan fingerprint density at radius 2 is 2.08 bits per heavy atom. The third-order valence-electron chi connectivity index (χ3n) is 5.26. The van der Waals surface area contributed by atoms with Gasteiger partial charge < -0.3 is 9.64 Å². The van der Waals surface area contributed by atoms with E-state index in [1.807, 2.05) is 17.9 Å². The number of aromatic amines is 1. The first-order valence-corrected chi connectivity index (χ1v) is 9.31. The molecule has 0 aromatic carbocycles. The number of amides is 1. The van der Waals surface area contributed by atoms with Gasteiger partial charge in [0.25, 0.3) is 5.56 Å². The molecule has 0 bridgehead atoms. The summed E-state index contributed by atoms with van der Waals surface area (Å²) in [5.41, 5.74) is 2.19. The first-order chi connectivity index (χ1) is 12.6. The van der Waals surface area contributed by atoms with E-state index in [9.17, 15) is 9.59 Å². The average Bonchev–Trinajstić information content (AvgIpc) is 3.04. The van der Waals surface area contributed by atoms with E-state index < -0.39 is 0 Å². The predicted octanol–water partition coefficient (Wildman–Crippen LogP) is 0.717. The molecule has 2 aromatic rings. The van der Waals surface area contributed by atoms with Crippen LogP contribution in [0.1, 0.15) is 36.7 Å². The van der Waals surface area contributed by atoms with Crippen LogP contribution in [0.5, 0.6) is 0 Å². The van der Waals surface area contributed by atoms with Crippen LogP contribution >= 0.6 is 0 Å². The van der Waals surface area contributed by atoms with Crippen LogP contribution in [0, 0.1) is 6.92 Å². The number of fused-ring (bicyclic) bond motifs is 1. The number of morpholine rings is 1. The summed E-state index contributed by atoms with van der Waals surface area (Å²) in [7, 11) is 0. The van der Waals surface area contributed by atoms with E-state index in [1.54, 1.807) is 6.07 Å². The van der Waals surface area contributed by atoms with Gasteiger partial charge in [0.2, 0.25) is 5.91 Å². The van der Waals surface area contributed by atoms with Crippen molar-refractivity contribution in [1.82, 2.24) is 24.4 Å². The van der Waals surface area contributed by atoms with Crippen molar-refractivity contribution in [3.05, 3.63) is 33.9 Å². The number of hydrogen-bond acceptors (Lipinski definition) is 5. The van der Waals surface area contributed by atoms with E-state index in [4.69, 9.17) is 9.72 Å². The largest absolute Gasteiger partial charge is 0.378 e. The third-order valence-corrected chi connectivity index (χ3v) is 5.26. The normalized spacial score (nSPS) is 22.0. The summed E-state index contributed by atoms with van der Waals surface area (Å²) in [5, 5.41) is 3.00. The maximum atomic E-state index is 12.7. The second-order valence-corrected chi connectivity index (χ2v) is 7.13. The SMILES string of the molecule is Cc1cc2nc([C@@H]3CCCCN3CC(=O)N3CCOCC3)cc(=O)n2[nH]1. The van der Waals surface area contributed by atoms with Crippen molar-refractivity contribution >= 4 is 11.6 Å². The zero-order valence-corrected chi connectivity index (χ0v) is 15.1. The molecule has 0 unspecified atom stereocenters. The average molecular weight is 359 g/mol. The van der Waals surface area contributed by atoms with Crippen LogP contribution in [0.4, 0.5) is 0 Å². The van der Waals surface area contributed by atoms with Crippen LogP contribution in [0.2, 0.25) is 0 Å². The van der Waals surface area contributed by atoms with Gasteiger partial charge in [0, 0.05) is 30.9 Å². The van der Waals surface area contributed by atoms with Crippen LogP contribution in [0.3, 0.4) is 0 Å². The summed E-state index contributed by atoms with van der Waals surface area (Å²) >= 11 is 0. The van der Waals surface area contributed by atoms with Crippen LogP contribution in [-0.4, -0.2) is 69.7 Å². The summed E-state index contributed by atoms with van der Waals surface area (Å²) in [6.07, 6.45) is 3.07. The predicted molar refractivity (Wildman–Crippen MR) is 96.1 cm³/mol. The molecule has 4 heterocycles. The highest BCUT2D eigenvalue weighted by Crippen LogP contribution is 2.29. The molecule has 2 saturated heterocycles. The highest BCUT2D eigenvalue weighted by atomic mass is 16.5. The fourth-order valence-electron chi connectivity index (χ4n) is 3.90. The van der Waals surface area contributed by atoms with Gasteiger partial charge >= 0.3 is 0 Å². The summed E-state index contributed by atoms with van der Waals surface area (Å²) in [6.45, 7) is 5.67. The Kier molecular flexibility index (Phi) is 4.78. The van der Waals surface area contributed by atoms with E-state index in [2.05, 4.69) is 10.00 Å². The number of carbonyl (C=O) groups excluding carboxylic acids is 1. The first kappa shape index (κ1) is 17.2. The molecule has 8 heteroatoms. The van der Waals surface area contributed by atoms with Gasteiger partial charge in [-0.2, -0.15) is 0 Å². The second kappa shape index (κ2) is 7.20. The Morgan fingerprint density at radius 1 is 1.27 bits per heavy atom. The molecule has 1 N–H and O–H groups in total. The maximum Gasteiger partial charge on any atom is 0.272 e. The summed E-state index contributed by atoms with van der Waals surface area (Å²) < 4.78 is 6.79. The van der Waals surface area contributed by atoms with E-state index in [0.717, 1.165) is 37.2 Å². The van der Waals surface area contributed by atoms with Crippen molar-refractivity contribution in [3.63, 3.8) is 0 Å². The summed E-state index contributed by atoms with van der Waals surface area (Å²) in [6, 6.07) is 3.49. The van der Waals surface area contributed by atoms with E-state index in [0.29, 0.717) is 38.5 Å². The number of aromatic nitrogens is 3. The topological polar surface area (TPSA) is 82.9 Å². The molecule has 0 aliphatic carbocycles.